The van der Waals surface area contributed by atoms with Crippen molar-refractivity contribution in [2.75, 3.05) is 19.6 Å². The zero-order valence-corrected chi connectivity index (χ0v) is 14.8. The summed E-state index contributed by atoms with van der Waals surface area (Å²) < 4.78 is 9.10. The number of non-ortho nitro benzene ring substituents is 1. The third-order valence-electron chi connectivity index (χ3n) is 4.92. The number of hydrogen-bond acceptors (Lipinski definition) is 7. The summed E-state index contributed by atoms with van der Waals surface area (Å²) in [7, 11) is 0. The molecule has 0 saturated carbocycles. The van der Waals surface area contributed by atoms with Crippen LogP contribution in [0.15, 0.2) is 29.3 Å². The summed E-state index contributed by atoms with van der Waals surface area (Å²) in [6, 6.07) is 6.75. The van der Waals surface area contributed by atoms with Crippen molar-refractivity contribution in [3.8, 4) is 0 Å². The first-order valence-electron chi connectivity index (χ1n) is 8.11. The Morgan fingerprint density at radius 2 is 2.12 bits per heavy atom. The molecule has 0 radical (unpaired) electrons. The molecule has 3 heterocycles. The van der Waals surface area contributed by atoms with Gasteiger partial charge >= 0.3 is 0 Å². The van der Waals surface area contributed by atoms with Crippen LogP contribution in [0.1, 0.15) is 30.0 Å². The normalized spacial score (nSPS) is 25.8. The van der Waals surface area contributed by atoms with E-state index in [1.165, 1.54) is 43.4 Å². The third-order valence-corrected chi connectivity index (χ3v) is 6.63. The highest BCUT2D eigenvalue weighted by Crippen LogP contribution is 2.41. The lowest BCUT2D eigenvalue weighted by Crippen LogP contribution is -2.25. The molecule has 0 N–H and O–H groups in total. The lowest BCUT2D eigenvalue weighted by atomic mass is 9.89. The Bertz CT molecular complexity index is 734. The van der Waals surface area contributed by atoms with E-state index in [-0.39, 0.29) is 10.6 Å². The molecule has 0 amide bonds. The minimum Gasteiger partial charge on any atom is -0.302 e. The Kier molecular flexibility index (Phi) is 4.51. The number of nitro benzene ring substituents is 1. The van der Waals surface area contributed by atoms with Gasteiger partial charge < -0.3 is 4.90 Å². The minimum absolute atomic E-state index is 0.132. The predicted molar refractivity (Wildman–Crippen MR) is 94.5 cm³/mol. The van der Waals surface area contributed by atoms with Gasteiger partial charge in [0, 0.05) is 36.9 Å². The molecule has 6 nitrogen and oxygen atoms in total. The van der Waals surface area contributed by atoms with Crippen molar-refractivity contribution in [3.05, 3.63) is 45.6 Å². The first kappa shape index (κ1) is 16.0. The fourth-order valence-corrected chi connectivity index (χ4v) is 5.43. The number of nitro groups is 1. The van der Waals surface area contributed by atoms with Crippen molar-refractivity contribution in [1.29, 1.82) is 0 Å². The zero-order valence-electron chi connectivity index (χ0n) is 13.1. The molecule has 3 unspecified atom stereocenters. The lowest BCUT2D eigenvalue weighted by Gasteiger charge is -2.21. The number of nitrogens with zero attached hydrogens (tertiary/aromatic N) is 4. The van der Waals surface area contributed by atoms with Gasteiger partial charge in [0.15, 0.2) is 0 Å². The topological polar surface area (TPSA) is 72.2 Å². The summed E-state index contributed by atoms with van der Waals surface area (Å²) in [6.07, 6.45) is 2.59. The molecule has 2 aromatic rings. The molecule has 3 atom stereocenters. The van der Waals surface area contributed by atoms with Gasteiger partial charge in [-0.15, -0.1) is 0 Å². The first-order chi connectivity index (χ1) is 11.7. The second-order valence-electron chi connectivity index (χ2n) is 6.44. The monoisotopic (exact) mass is 362 g/mol. The van der Waals surface area contributed by atoms with Crippen molar-refractivity contribution in [2.45, 2.75) is 29.5 Å². The molecule has 2 saturated heterocycles. The Morgan fingerprint density at radius 3 is 2.88 bits per heavy atom. The highest BCUT2D eigenvalue weighted by molar-refractivity contribution is 7.98. The number of fused-ring (bicyclic) bond motifs is 2. The van der Waals surface area contributed by atoms with Gasteiger partial charge in [0.1, 0.15) is 5.03 Å². The van der Waals surface area contributed by atoms with Crippen LogP contribution in [-0.2, 0) is 5.75 Å². The summed E-state index contributed by atoms with van der Waals surface area (Å²) >= 11 is 2.99. The van der Waals surface area contributed by atoms with Crippen LogP contribution in [0.25, 0.3) is 0 Å². The van der Waals surface area contributed by atoms with Gasteiger partial charge in [0.2, 0.25) is 0 Å². The minimum atomic E-state index is -0.368. The van der Waals surface area contributed by atoms with Crippen LogP contribution in [0.3, 0.4) is 0 Å². The van der Waals surface area contributed by atoms with E-state index in [2.05, 4.69) is 13.6 Å². The average molecular weight is 362 g/mol. The van der Waals surface area contributed by atoms with Crippen molar-refractivity contribution in [1.82, 2.24) is 13.6 Å². The highest BCUT2D eigenvalue weighted by Gasteiger charge is 2.38. The highest BCUT2D eigenvalue weighted by atomic mass is 32.2. The predicted octanol–water partition coefficient (Wildman–Crippen LogP) is 3.55. The molecule has 0 aliphatic carbocycles. The van der Waals surface area contributed by atoms with Gasteiger partial charge in [-0.25, -0.2) is 0 Å². The summed E-state index contributed by atoms with van der Waals surface area (Å²) in [5, 5.41) is 11.8. The summed E-state index contributed by atoms with van der Waals surface area (Å²) in [6.45, 7) is 3.53. The molecule has 2 bridgehead atoms. The molecule has 2 aliphatic rings. The van der Waals surface area contributed by atoms with E-state index in [1.807, 2.05) is 12.1 Å². The van der Waals surface area contributed by atoms with Crippen molar-refractivity contribution in [2.24, 2.45) is 5.92 Å². The van der Waals surface area contributed by atoms with Gasteiger partial charge in [-0.05, 0) is 30.9 Å². The molecule has 24 heavy (non-hydrogen) atoms. The fourth-order valence-electron chi connectivity index (χ4n) is 3.70. The molecule has 8 heteroatoms. The molecular weight excluding hydrogens is 344 g/mol. The molecule has 2 aliphatic heterocycles. The smallest absolute Gasteiger partial charge is 0.269 e. The second-order valence-corrected chi connectivity index (χ2v) is 7.93. The molecule has 2 fully saturated rings. The van der Waals surface area contributed by atoms with Gasteiger partial charge in [-0.1, -0.05) is 23.9 Å². The van der Waals surface area contributed by atoms with E-state index in [1.54, 1.807) is 23.9 Å². The molecular formula is C16H18N4O2S2. The summed E-state index contributed by atoms with van der Waals surface area (Å²) in [5.41, 5.74) is 2.37. The molecule has 0 spiro atoms. The van der Waals surface area contributed by atoms with Crippen LogP contribution in [-0.4, -0.2) is 38.2 Å². The van der Waals surface area contributed by atoms with Crippen LogP contribution in [0, 0.1) is 16.0 Å². The van der Waals surface area contributed by atoms with Gasteiger partial charge in [0.25, 0.3) is 5.69 Å². The van der Waals surface area contributed by atoms with Crippen LogP contribution in [0.4, 0.5) is 5.69 Å². The number of piperidine rings is 1. The summed E-state index contributed by atoms with van der Waals surface area (Å²) in [5.74, 6) is 2.00. The van der Waals surface area contributed by atoms with Crippen molar-refractivity contribution in [3.63, 3.8) is 0 Å². The Balaban J connectivity index is 1.44. The maximum absolute atomic E-state index is 10.7. The van der Waals surface area contributed by atoms with Gasteiger partial charge in [0.05, 0.1) is 22.3 Å². The number of hydrogen-bond donors (Lipinski definition) is 0. The number of aromatic nitrogens is 2. The maximum Gasteiger partial charge on any atom is 0.269 e. The number of thioether (sulfide) groups is 1. The fraction of sp³-hybridized carbons (Fsp3) is 0.500. The SMILES string of the molecule is O=[N+]([O-])c1ccc(CSc2nsnc2C2CN3CCCC2C3)cc1. The van der Waals surface area contributed by atoms with Crippen molar-refractivity contribution >= 4 is 29.2 Å². The molecule has 1 aromatic carbocycles. The zero-order chi connectivity index (χ0) is 16.5. The lowest BCUT2D eigenvalue weighted by molar-refractivity contribution is -0.384. The largest absolute Gasteiger partial charge is 0.302 e. The molecule has 4 rings (SSSR count). The maximum atomic E-state index is 10.7. The molecule has 126 valence electrons. The van der Waals surface area contributed by atoms with E-state index in [4.69, 9.17) is 0 Å². The van der Waals surface area contributed by atoms with E-state index >= 15 is 0 Å². The number of benzene rings is 1. The van der Waals surface area contributed by atoms with Crippen molar-refractivity contribution < 1.29 is 4.92 Å². The van der Waals surface area contributed by atoms with E-state index in [9.17, 15) is 10.1 Å². The standard InChI is InChI=1S/C16H18N4O2S2/c21-20(22)13-5-3-11(4-6-13)10-23-16-15(17-24-18-16)14-9-19-7-1-2-12(14)8-19/h3-6,12,14H,1-2,7-10H2. The van der Waals surface area contributed by atoms with E-state index in [0.717, 1.165) is 28.8 Å². The van der Waals surface area contributed by atoms with E-state index in [0.29, 0.717) is 5.92 Å². The van der Waals surface area contributed by atoms with E-state index < -0.39 is 0 Å². The third kappa shape index (κ3) is 3.18. The Morgan fingerprint density at radius 1 is 1.29 bits per heavy atom. The van der Waals surface area contributed by atoms with Crippen LogP contribution in [0.5, 0.6) is 0 Å². The average Bonchev–Trinajstić information content (AvgIpc) is 3.17. The molecule has 1 aromatic heterocycles. The summed E-state index contributed by atoms with van der Waals surface area (Å²) in [4.78, 5) is 12.9. The van der Waals surface area contributed by atoms with Crippen LogP contribution < -0.4 is 0 Å². The Hall–Kier alpha value is -1.51. The Labute approximate surface area is 148 Å². The van der Waals surface area contributed by atoms with Crippen LogP contribution >= 0.6 is 23.5 Å². The van der Waals surface area contributed by atoms with Gasteiger partial charge in [-0.2, -0.15) is 8.75 Å². The second kappa shape index (κ2) is 6.78. The van der Waals surface area contributed by atoms with Crippen LogP contribution in [0.2, 0.25) is 0 Å². The quantitative estimate of drug-likeness (QED) is 0.460. The number of rotatable bonds is 5. The van der Waals surface area contributed by atoms with Gasteiger partial charge in [-0.3, -0.25) is 10.1 Å². The first-order valence-corrected chi connectivity index (χ1v) is 9.83.